The number of hydrogen-bond acceptors (Lipinski definition) is 5. The van der Waals surface area contributed by atoms with Gasteiger partial charge in [0.2, 0.25) is 5.91 Å². The lowest BCUT2D eigenvalue weighted by Gasteiger charge is -2.20. The van der Waals surface area contributed by atoms with Crippen molar-refractivity contribution < 1.29 is 24.5 Å². The predicted molar refractivity (Wildman–Crippen MR) is 250 cm³/mol. The fraction of sp³-hybridized carbons (Fsp3) is 0.846. The lowest BCUT2D eigenvalue weighted by atomic mass is 10.1. The number of carbonyl (C=O) groups excluding carboxylic acids is 2. The van der Waals surface area contributed by atoms with Gasteiger partial charge in [0.25, 0.3) is 0 Å². The van der Waals surface area contributed by atoms with Gasteiger partial charge in [-0.2, -0.15) is 0 Å². The van der Waals surface area contributed by atoms with Gasteiger partial charge in [-0.25, -0.2) is 0 Å². The van der Waals surface area contributed by atoms with E-state index in [0.29, 0.717) is 19.4 Å². The molecule has 6 heteroatoms. The van der Waals surface area contributed by atoms with Gasteiger partial charge in [0.1, 0.15) is 0 Å². The van der Waals surface area contributed by atoms with Gasteiger partial charge in [0.05, 0.1) is 25.4 Å². The molecule has 0 spiro atoms. The number of carbonyl (C=O) groups is 2. The minimum atomic E-state index is -0.853. The van der Waals surface area contributed by atoms with Crippen molar-refractivity contribution in [3.05, 3.63) is 36.5 Å². The molecule has 0 aromatic rings. The number of amides is 1. The second kappa shape index (κ2) is 47.8. The van der Waals surface area contributed by atoms with Crippen molar-refractivity contribution in [2.24, 2.45) is 0 Å². The lowest BCUT2D eigenvalue weighted by molar-refractivity contribution is -0.143. The van der Waals surface area contributed by atoms with Crippen LogP contribution in [0.1, 0.15) is 258 Å². The van der Waals surface area contributed by atoms with Crippen molar-refractivity contribution in [1.82, 2.24) is 5.32 Å². The minimum Gasteiger partial charge on any atom is -0.466 e. The first kappa shape index (κ1) is 56.1. The molecule has 0 saturated carbocycles. The molecular weight excluding hydrogens is 719 g/mol. The maximum Gasteiger partial charge on any atom is 0.305 e. The quantitative estimate of drug-likeness (QED) is 0.0323. The number of rotatable bonds is 46. The summed E-state index contributed by atoms with van der Waals surface area (Å²) < 4.78 is 5.46. The van der Waals surface area contributed by atoms with Gasteiger partial charge in [-0.05, 0) is 83.5 Å². The molecule has 0 aliphatic rings. The Morgan fingerprint density at radius 1 is 0.466 bits per heavy atom. The average molecular weight is 816 g/mol. The van der Waals surface area contributed by atoms with Gasteiger partial charge in [-0.1, -0.05) is 198 Å². The molecule has 3 N–H and O–H groups in total. The van der Waals surface area contributed by atoms with Crippen LogP contribution in [0, 0.1) is 0 Å². The Hall–Kier alpha value is -1.92. The normalized spacial score (nSPS) is 13.0. The number of allylic oxidation sites excluding steroid dienone is 5. The van der Waals surface area contributed by atoms with Gasteiger partial charge >= 0.3 is 5.97 Å². The number of esters is 1. The first-order valence-corrected chi connectivity index (χ1v) is 25.3. The van der Waals surface area contributed by atoms with E-state index in [4.69, 9.17) is 4.74 Å². The monoisotopic (exact) mass is 816 g/mol. The Morgan fingerprint density at radius 2 is 0.810 bits per heavy atom. The third-order valence-corrected chi connectivity index (χ3v) is 11.4. The molecule has 0 aromatic heterocycles. The Balaban J connectivity index is 3.48. The largest absolute Gasteiger partial charge is 0.466 e. The van der Waals surface area contributed by atoms with Crippen molar-refractivity contribution in [3.8, 4) is 0 Å². The van der Waals surface area contributed by atoms with E-state index in [1.165, 1.54) is 167 Å². The van der Waals surface area contributed by atoms with Crippen LogP contribution in [0.4, 0.5) is 0 Å². The second-order valence-corrected chi connectivity index (χ2v) is 17.1. The zero-order chi connectivity index (χ0) is 42.3. The van der Waals surface area contributed by atoms with E-state index in [1.807, 2.05) is 6.08 Å². The summed E-state index contributed by atoms with van der Waals surface area (Å²) in [5.41, 5.74) is 0. The van der Waals surface area contributed by atoms with Crippen LogP contribution in [-0.2, 0) is 14.3 Å². The number of ether oxygens (including phenoxy) is 1. The highest BCUT2D eigenvalue weighted by Gasteiger charge is 2.18. The summed E-state index contributed by atoms with van der Waals surface area (Å²) in [6.07, 6.45) is 57.2. The van der Waals surface area contributed by atoms with Crippen LogP contribution in [0.25, 0.3) is 0 Å². The standard InChI is InChI=1S/C52H97NO5/c1-3-5-7-9-11-13-15-16-19-23-26-30-34-38-42-46-52(57)58-47-43-39-35-31-27-24-21-18-17-20-22-25-29-33-37-41-45-51(56)53-49(48-54)50(55)44-40-36-32-28-14-12-10-8-6-4-2/h16-17,19-20,40,44,49-50,54-55H,3-15,18,21-39,41-43,45-48H2,1-2H3,(H,53,56)/b19-16-,20-17-,44-40+. The fourth-order valence-corrected chi connectivity index (χ4v) is 7.44. The summed E-state index contributed by atoms with van der Waals surface area (Å²) in [5, 5.41) is 22.9. The molecule has 0 bridgehead atoms. The van der Waals surface area contributed by atoms with Crippen molar-refractivity contribution in [2.75, 3.05) is 13.2 Å². The van der Waals surface area contributed by atoms with Crippen LogP contribution >= 0.6 is 0 Å². The van der Waals surface area contributed by atoms with Gasteiger partial charge in [-0.3, -0.25) is 9.59 Å². The smallest absolute Gasteiger partial charge is 0.305 e. The summed E-state index contributed by atoms with van der Waals surface area (Å²) in [5.74, 6) is -0.101. The summed E-state index contributed by atoms with van der Waals surface area (Å²) >= 11 is 0. The highest BCUT2D eigenvalue weighted by Crippen LogP contribution is 2.14. The SMILES string of the molecule is CCCCCCCC/C=C\CCCCCCCC(=O)OCCCCCCCCC/C=C\CCCCCCCC(=O)NC(CO)C(O)/C=C/CCCCCCCCCC. The van der Waals surface area contributed by atoms with E-state index in [1.54, 1.807) is 6.08 Å². The molecule has 0 radical (unpaired) electrons. The van der Waals surface area contributed by atoms with Crippen molar-refractivity contribution >= 4 is 11.9 Å². The van der Waals surface area contributed by atoms with Crippen LogP contribution in [-0.4, -0.2) is 47.4 Å². The first-order valence-electron chi connectivity index (χ1n) is 25.3. The molecule has 2 unspecified atom stereocenters. The van der Waals surface area contributed by atoms with Gasteiger partial charge in [0.15, 0.2) is 0 Å². The molecule has 0 aliphatic heterocycles. The maximum atomic E-state index is 12.4. The predicted octanol–water partition coefficient (Wildman–Crippen LogP) is 14.9. The molecule has 0 fully saturated rings. The number of aliphatic hydroxyl groups excluding tert-OH is 2. The second-order valence-electron chi connectivity index (χ2n) is 17.1. The van der Waals surface area contributed by atoms with Crippen molar-refractivity contribution in [2.45, 2.75) is 270 Å². The highest BCUT2D eigenvalue weighted by molar-refractivity contribution is 5.76. The summed E-state index contributed by atoms with van der Waals surface area (Å²) in [4.78, 5) is 24.4. The summed E-state index contributed by atoms with van der Waals surface area (Å²) in [6.45, 7) is 4.84. The molecule has 0 rings (SSSR count). The Labute approximate surface area is 360 Å². The van der Waals surface area contributed by atoms with E-state index in [9.17, 15) is 19.8 Å². The summed E-state index contributed by atoms with van der Waals surface area (Å²) in [6, 6.07) is -0.638. The highest BCUT2D eigenvalue weighted by atomic mass is 16.5. The molecule has 6 nitrogen and oxygen atoms in total. The Morgan fingerprint density at radius 3 is 1.22 bits per heavy atom. The molecule has 0 heterocycles. The number of hydrogen-bond donors (Lipinski definition) is 3. The van der Waals surface area contributed by atoms with E-state index in [2.05, 4.69) is 43.5 Å². The Kier molecular flexibility index (Phi) is 46.2. The summed E-state index contributed by atoms with van der Waals surface area (Å²) in [7, 11) is 0. The molecule has 2 atom stereocenters. The van der Waals surface area contributed by atoms with E-state index in [0.717, 1.165) is 64.2 Å². The van der Waals surface area contributed by atoms with E-state index >= 15 is 0 Å². The molecule has 58 heavy (non-hydrogen) atoms. The van der Waals surface area contributed by atoms with E-state index < -0.39 is 12.1 Å². The molecule has 0 aromatic carbocycles. The third kappa shape index (κ3) is 43.7. The van der Waals surface area contributed by atoms with E-state index in [-0.39, 0.29) is 18.5 Å². The zero-order valence-electron chi connectivity index (χ0n) is 38.5. The fourth-order valence-electron chi connectivity index (χ4n) is 7.44. The molecule has 1 amide bonds. The van der Waals surface area contributed by atoms with Crippen molar-refractivity contribution in [3.63, 3.8) is 0 Å². The molecule has 0 aliphatic carbocycles. The first-order chi connectivity index (χ1) is 28.5. The molecule has 0 saturated heterocycles. The third-order valence-electron chi connectivity index (χ3n) is 11.4. The minimum absolute atomic E-state index is 0.0128. The van der Waals surface area contributed by atoms with Gasteiger partial charge in [-0.15, -0.1) is 0 Å². The number of unbranched alkanes of at least 4 members (excludes halogenated alkanes) is 31. The zero-order valence-corrected chi connectivity index (χ0v) is 38.5. The molecule has 340 valence electrons. The number of nitrogens with one attached hydrogen (secondary N) is 1. The van der Waals surface area contributed by atoms with Crippen molar-refractivity contribution in [1.29, 1.82) is 0 Å². The van der Waals surface area contributed by atoms with Gasteiger partial charge in [0, 0.05) is 12.8 Å². The maximum absolute atomic E-state index is 12.4. The van der Waals surface area contributed by atoms with Crippen LogP contribution in [0.5, 0.6) is 0 Å². The van der Waals surface area contributed by atoms with Crippen LogP contribution in [0.2, 0.25) is 0 Å². The number of aliphatic hydroxyl groups is 2. The Bertz CT molecular complexity index is 946. The lowest BCUT2D eigenvalue weighted by Crippen LogP contribution is -2.45. The average Bonchev–Trinajstić information content (AvgIpc) is 3.22. The van der Waals surface area contributed by atoms with Crippen LogP contribution in [0.15, 0.2) is 36.5 Å². The van der Waals surface area contributed by atoms with Gasteiger partial charge < -0.3 is 20.3 Å². The van der Waals surface area contributed by atoms with Crippen LogP contribution < -0.4 is 5.32 Å². The van der Waals surface area contributed by atoms with Crippen LogP contribution in [0.3, 0.4) is 0 Å². The molecular formula is C52H97NO5. The topological polar surface area (TPSA) is 95.9 Å².